The lowest BCUT2D eigenvalue weighted by Gasteiger charge is -2.12. The van der Waals surface area contributed by atoms with Crippen molar-refractivity contribution in [1.82, 2.24) is 24.1 Å². The Morgan fingerprint density at radius 3 is 1.43 bits per heavy atom. The number of para-hydroxylation sites is 3. The minimum absolute atomic E-state index is 0.659. The van der Waals surface area contributed by atoms with E-state index < -0.39 is 0 Å². The summed E-state index contributed by atoms with van der Waals surface area (Å²) in [5, 5.41) is 7.45. The van der Waals surface area contributed by atoms with E-state index in [0.29, 0.717) is 17.5 Å². The fraction of sp³-hybridized carbons (Fsp3) is 0. The van der Waals surface area contributed by atoms with Gasteiger partial charge in [-0.1, -0.05) is 146 Å². The van der Waals surface area contributed by atoms with E-state index in [1.54, 1.807) is 11.3 Å². The van der Waals surface area contributed by atoms with Gasteiger partial charge in [0.05, 0.1) is 22.1 Å². The molecule has 5 nitrogen and oxygen atoms in total. The molecule has 0 amide bonds. The van der Waals surface area contributed by atoms with E-state index in [-0.39, 0.29) is 0 Å². The first kappa shape index (κ1) is 35.6. The molecule has 0 aliphatic rings. The second-order valence-corrected chi connectivity index (χ2v) is 17.1. The minimum atomic E-state index is 0.659. The van der Waals surface area contributed by atoms with Crippen molar-refractivity contribution < 1.29 is 0 Å². The second kappa shape index (κ2) is 14.2. The highest BCUT2D eigenvalue weighted by Gasteiger charge is 2.19. The predicted molar refractivity (Wildman–Crippen MR) is 263 cm³/mol. The maximum absolute atomic E-state index is 5.00. The zero-order valence-corrected chi connectivity index (χ0v) is 34.7. The van der Waals surface area contributed by atoms with E-state index in [4.69, 9.17) is 15.0 Å². The van der Waals surface area contributed by atoms with Gasteiger partial charge in [0.15, 0.2) is 17.5 Å². The van der Waals surface area contributed by atoms with Gasteiger partial charge >= 0.3 is 0 Å². The van der Waals surface area contributed by atoms with Crippen LogP contribution >= 0.6 is 11.3 Å². The van der Waals surface area contributed by atoms with E-state index in [1.165, 1.54) is 74.9 Å². The van der Waals surface area contributed by atoms with Crippen molar-refractivity contribution >= 4 is 75.1 Å². The summed E-state index contributed by atoms with van der Waals surface area (Å²) in [6.07, 6.45) is 0. The van der Waals surface area contributed by atoms with Crippen molar-refractivity contribution in [2.45, 2.75) is 0 Å². The van der Waals surface area contributed by atoms with Gasteiger partial charge in [0.2, 0.25) is 0 Å². The Morgan fingerprint density at radius 2 is 0.778 bits per heavy atom. The van der Waals surface area contributed by atoms with Crippen LogP contribution in [0.25, 0.3) is 120 Å². The maximum atomic E-state index is 5.00. The van der Waals surface area contributed by atoms with Crippen LogP contribution in [0.4, 0.5) is 0 Å². The summed E-state index contributed by atoms with van der Waals surface area (Å²) in [6, 6.07) is 75.8. The third-order valence-corrected chi connectivity index (χ3v) is 13.5. The zero-order chi connectivity index (χ0) is 41.4. The topological polar surface area (TPSA) is 48.5 Å². The third kappa shape index (κ3) is 5.80. The first-order chi connectivity index (χ1) is 31.2. The summed E-state index contributed by atoms with van der Waals surface area (Å²) in [4.78, 5) is 14.9. The molecule has 294 valence electrons. The largest absolute Gasteiger partial charge is 0.309 e. The van der Waals surface area contributed by atoms with Crippen molar-refractivity contribution in [1.29, 1.82) is 0 Å². The fourth-order valence-electron chi connectivity index (χ4n) is 9.42. The van der Waals surface area contributed by atoms with Gasteiger partial charge in [-0.05, 0) is 77.9 Å². The molecule has 0 atom stereocenters. The maximum Gasteiger partial charge on any atom is 0.164 e. The molecule has 13 aromatic rings. The number of rotatable bonds is 6. The predicted octanol–water partition coefficient (Wildman–Crippen LogP) is 15.1. The minimum Gasteiger partial charge on any atom is -0.309 e. The lowest BCUT2D eigenvalue weighted by molar-refractivity contribution is 1.07. The smallest absolute Gasteiger partial charge is 0.164 e. The lowest BCUT2D eigenvalue weighted by Crippen LogP contribution is -1.99. The summed E-state index contributed by atoms with van der Waals surface area (Å²) in [7, 11) is 0. The Morgan fingerprint density at radius 1 is 0.270 bits per heavy atom. The molecule has 9 aromatic carbocycles. The summed E-state index contributed by atoms with van der Waals surface area (Å²) in [5.41, 5.74) is 12.3. The van der Waals surface area contributed by atoms with Crippen LogP contribution in [0.3, 0.4) is 0 Å². The van der Waals surface area contributed by atoms with E-state index in [1.807, 2.05) is 60.7 Å². The Kier molecular flexibility index (Phi) is 8.01. The number of fused-ring (bicyclic) bond motifs is 9. The third-order valence-electron chi connectivity index (χ3n) is 12.3. The van der Waals surface area contributed by atoms with Crippen LogP contribution < -0.4 is 0 Å². The lowest BCUT2D eigenvalue weighted by atomic mass is 10.0. The number of hydrogen-bond donors (Lipinski definition) is 0. The van der Waals surface area contributed by atoms with E-state index in [0.717, 1.165) is 28.1 Å². The molecule has 0 bridgehead atoms. The molecule has 63 heavy (non-hydrogen) atoms. The summed E-state index contributed by atoms with van der Waals surface area (Å²) >= 11 is 1.80. The average molecular weight is 822 g/mol. The van der Waals surface area contributed by atoms with Gasteiger partial charge in [-0.25, -0.2) is 15.0 Å². The molecule has 6 heteroatoms. The molecule has 0 aliphatic carbocycles. The normalized spacial score (nSPS) is 11.8. The second-order valence-electron chi connectivity index (χ2n) is 16.0. The van der Waals surface area contributed by atoms with Crippen molar-refractivity contribution in [2.75, 3.05) is 0 Å². The first-order valence-electron chi connectivity index (χ1n) is 21.2. The van der Waals surface area contributed by atoms with Gasteiger partial charge < -0.3 is 9.13 Å². The van der Waals surface area contributed by atoms with E-state index in [2.05, 4.69) is 161 Å². The number of hydrogen-bond acceptors (Lipinski definition) is 4. The molecule has 0 radical (unpaired) electrons. The van der Waals surface area contributed by atoms with Crippen LogP contribution in [0.5, 0.6) is 0 Å². The van der Waals surface area contributed by atoms with Gasteiger partial charge in [-0.15, -0.1) is 11.3 Å². The van der Waals surface area contributed by atoms with E-state index in [9.17, 15) is 0 Å². The molecular formula is C57H35N5S. The molecule has 0 saturated heterocycles. The van der Waals surface area contributed by atoms with Crippen LogP contribution in [-0.2, 0) is 0 Å². The molecule has 0 unspecified atom stereocenters. The van der Waals surface area contributed by atoms with Crippen LogP contribution in [0.15, 0.2) is 212 Å². The van der Waals surface area contributed by atoms with Crippen molar-refractivity contribution in [3.8, 4) is 56.7 Å². The zero-order valence-electron chi connectivity index (χ0n) is 33.9. The van der Waals surface area contributed by atoms with Crippen LogP contribution in [0, 0.1) is 0 Å². The highest BCUT2D eigenvalue weighted by molar-refractivity contribution is 7.25. The first-order valence-corrected chi connectivity index (χ1v) is 22.0. The molecule has 0 N–H and O–H groups in total. The average Bonchev–Trinajstić information content (AvgIpc) is 4.00. The molecule has 0 aliphatic heterocycles. The van der Waals surface area contributed by atoms with Crippen LogP contribution in [0.2, 0.25) is 0 Å². The number of thiophene rings is 1. The van der Waals surface area contributed by atoms with Gasteiger partial charge in [-0.2, -0.15) is 0 Å². The molecule has 0 spiro atoms. The Bertz CT molecular complexity index is 3850. The van der Waals surface area contributed by atoms with Gasteiger partial charge in [0.25, 0.3) is 0 Å². The van der Waals surface area contributed by atoms with Crippen molar-refractivity contribution in [3.05, 3.63) is 212 Å². The summed E-state index contributed by atoms with van der Waals surface area (Å²) in [5.74, 6) is 1.98. The quantitative estimate of drug-likeness (QED) is 0.168. The van der Waals surface area contributed by atoms with Crippen LogP contribution in [0.1, 0.15) is 0 Å². The highest BCUT2D eigenvalue weighted by Crippen LogP contribution is 2.42. The van der Waals surface area contributed by atoms with Crippen LogP contribution in [-0.4, -0.2) is 24.1 Å². The Balaban J connectivity index is 0.929. The molecule has 13 rings (SSSR count). The van der Waals surface area contributed by atoms with Gasteiger partial charge in [-0.3, -0.25) is 0 Å². The summed E-state index contributed by atoms with van der Waals surface area (Å²) < 4.78 is 7.28. The standard InChI is InChI=1S/C57H35N5S/c1-4-15-36(16-5-1)55-58-56(37-17-6-2-7-18-37)60-57(59-55)40-27-29-45-48-32-39(28-30-53(48)63-54(45)33-40)38-19-14-22-42(31-38)62-50-26-13-11-24-44(50)47-34-46-43-23-10-12-25-49(43)61(51(46)35-52(47)62)41-20-8-3-9-21-41/h1-35H. The van der Waals surface area contributed by atoms with Gasteiger partial charge in [0, 0.05) is 69.8 Å². The SMILES string of the molecule is c1ccc(-c2nc(-c3ccccc3)nc(-c3ccc4c(c3)sc3ccc(-c5cccc(-n6c7ccccc7c7cc8c9ccccc9n(-c9ccccc9)c8cc76)c5)cc34)n2)cc1. The monoisotopic (exact) mass is 821 g/mol. The number of nitrogens with zero attached hydrogens (tertiary/aromatic N) is 5. The highest BCUT2D eigenvalue weighted by atomic mass is 32.1. The molecule has 0 fully saturated rings. The Labute approximate surface area is 366 Å². The number of benzene rings is 9. The van der Waals surface area contributed by atoms with Crippen molar-refractivity contribution in [2.24, 2.45) is 0 Å². The molecular weight excluding hydrogens is 787 g/mol. The molecule has 0 saturated carbocycles. The van der Waals surface area contributed by atoms with E-state index >= 15 is 0 Å². The van der Waals surface area contributed by atoms with Gasteiger partial charge in [0.1, 0.15) is 0 Å². The number of aromatic nitrogens is 5. The Hall–Kier alpha value is -8.19. The molecule has 4 heterocycles. The summed E-state index contributed by atoms with van der Waals surface area (Å²) in [6.45, 7) is 0. The molecule has 4 aromatic heterocycles. The van der Waals surface area contributed by atoms with Crippen molar-refractivity contribution in [3.63, 3.8) is 0 Å². The fourth-order valence-corrected chi connectivity index (χ4v) is 10.5.